The van der Waals surface area contributed by atoms with E-state index >= 15 is 0 Å². The Labute approximate surface area is 136 Å². The highest BCUT2D eigenvalue weighted by Gasteiger charge is 2.32. The molecule has 1 aliphatic heterocycles. The second-order valence-electron chi connectivity index (χ2n) is 7.60. The third-order valence-corrected chi connectivity index (χ3v) is 4.27. The molecule has 0 aromatic heterocycles. The van der Waals surface area contributed by atoms with Crippen molar-refractivity contribution in [2.24, 2.45) is 5.92 Å². The molecule has 0 aliphatic carbocycles. The van der Waals surface area contributed by atoms with Gasteiger partial charge in [-0.15, -0.1) is 0 Å². The van der Waals surface area contributed by atoms with E-state index in [1.165, 1.54) is 32.1 Å². The van der Waals surface area contributed by atoms with Gasteiger partial charge in [0.15, 0.2) is 0 Å². The lowest BCUT2D eigenvalue weighted by Gasteiger charge is -2.25. The molecule has 1 N–H and O–H groups in total. The lowest BCUT2D eigenvalue weighted by Crippen LogP contribution is -2.36. The summed E-state index contributed by atoms with van der Waals surface area (Å²) in [5.41, 5.74) is -0.452. The van der Waals surface area contributed by atoms with Crippen LogP contribution in [-0.2, 0) is 4.74 Å². The van der Waals surface area contributed by atoms with Gasteiger partial charge >= 0.3 is 6.09 Å². The molecule has 4 nitrogen and oxygen atoms in total. The van der Waals surface area contributed by atoms with E-state index in [1.54, 1.807) is 4.90 Å². The fourth-order valence-corrected chi connectivity index (χ4v) is 2.96. The summed E-state index contributed by atoms with van der Waals surface area (Å²) >= 11 is 0. The Morgan fingerprint density at radius 1 is 1.23 bits per heavy atom. The van der Waals surface area contributed by atoms with Crippen LogP contribution < -0.4 is 0 Å². The molecule has 1 amide bonds. The number of nitrogens with zero attached hydrogens (tertiary/aromatic N) is 1. The SMILES string of the molecule is CCCCCCCCC(O)C1CCN(C(=O)OC(C)(C)C)C1. The molecule has 130 valence electrons. The van der Waals surface area contributed by atoms with Crippen molar-refractivity contribution >= 4 is 6.09 Å². The van der Waals surface area contributed by atoms with Gasteiger partial charge in [0.05, 0.1) is 6.10 Å². The molecule has 0 bridgehead atoms. The van der Waals surface area contributed by atoms with E-state index in [0.717, 1.165) is 19.3 Å². The number of ether oxygens (including phenoxy) is 1. The first-order valence-corrected chi connectivity index (χ1v) is 8.99. The third-order valence-electron chi connectivity index (χ3n) is 4.27. The van der Waals surface area contributed by atoms with E-state index in [0.29, 0.717) is 13.1 Å². The zero-order valence-corrected chi connectivity index (χ0v) is 14.9. The first-order valence-electron chi connectivity index (χ1n) is 8.99. The summed E-state index contributed by atoms with van der Waals surface area (Å²) in [5, 5.41) is 10.3. The van der Waals surface area contributed by atoms with E-state index in [9.17, 15) is 9.90 Å². The van der Waals surface area contributed by atoms with Crippen LogP contribution in [0, 0.1) is 5.92 Å². The Kier molecular flexibility index (Phi) is 8.23. The molecule has 0 saturated carbocycles. The summed E-state index contributed by atoms with van der Waals surface area (Å²) in [4.78, 5) is 13.7. The second kappa shape index (κ2) is 9.39. The molecule has 0 radical (unpaired) electrons. The van der Waals surface area contributed by atoms with Gasteiger partial charge in [-0.25, -0.2) is 4.79 Å². The van der Waals surface area contributed by atoms with Crippen LogP contribution in [0.1, 0.15) is 79.1 Å². The molecule has 0 spiro atoms. The summed E-state index contributed by atoms with van der Waals surface area (Å²) in [6.07, 6.45) is 8.68. The van der Waals surface area contributed by atoms with Crippen molar-refractivity contribution in [1.82, 2.24) is 4.90 Å². The molecular weight excluding hydrogens is 278 g/mol. The van der Waals surface area contributed by atoms with Crippen LogP contribution in [0.3, 0.4) is 0 Å². The minimum atomic E-state index is -0.452. The fourth-order valence-electron chi connectivity index (χ4n) is 2.96. The highest BCUT2D eigenvalue weighted by atomic mass is 16.6. The topological polar surface area (TPSA) is 49.8 Å². The molecule has 1 heterocycles. The lowest BCUT2D eigenvalue weighted by molar-refractivity contribution is 0.0265. The van der Waals surface area contributed by atoms with Gasteiger partial charge in [0.2, 0.25) is 0 Å². The smallest absolute Gasteiger partial charge is 0.410 e. The zero-order chi connectivity index (χ0) is 16.6. The average Bonchev–Trinajstić information content (AvgIpc) is 2.90. The molecule has 1 saturated heterocycles. The Morgan fingerprint density at radius 2 is 1.86 bits per heavy atom. The number of aliphatic hydroxyl groups excluding tert-OH is 1. The van der Waals surface area contributed by atoms with Crippen LogP contribution >= 0.6 is 0 Å². The number of unbranched alkanes of at least 4 members (excludes halogenated alkanes) is 5. The fraction of sp³-hybridized carbons (Fsp3) is 0.944. The number of hydrogen-bond donors (Lipinski definition) is 1. The lowest BCUT2D eigenvalue weighted by atomic mass is 9.96. The van der Waals surface area contributed by atoms with Crippen molar-refractivity contribution < 1.29 is 14.6 Å². The molecule has 0 aromatic rings. The third kappa shape index (κ3) is 7.48. The number of hydrogen-bond acceptors (Lipinski definition) is 3. The molecular formula is C18H35NO3. The van der Waals surface area contributed by atoms with Crippen LogP contribution in [0.5, 0.6) is 0 Å². The predicted molar refractivity (Wildman–Crippen MR) is 89.9 cm³/mol. The van der Waals surface area contributed by atoms with Crippen LogP contribution in [0.25, 0.3) is 0 Å². The van der Waals surface area contributed by atoms with Gasteiger partial charge < -0.3 is 14.7 Å². The van der Waals surface area contributed by atoms with E-state index in [2.05, 4.69) is 6.92 Å². The highest BCUT2D eigenvalue weighted by molar-refractivity contribution is 5.68. The molecule has 22 heavy (non-hydrogen) atoms. The van der Waals surface area contributed by atoms with E-state index in [1.807, 2.05) is 20.8 Å². The number of rotatable bonds is 8. The maximum atomic E-state index is 12.0. The van der Waals surface area contributed by atoms with Crippen molar-refractivity contribution in [3.63, 3.8) is 0 Å². The number of carbonyl (C=O) groups is 1. The Morgan fingerprint density at radius 3 is 2.50 bits per heavy atom. The Hall–Kier alpha value is -0.770. The first-order chi connectivity index (χ1) is 10.3. The molecule has 1 fully saturated rings. The standard InChI is InChI=1S/C18H35NO3/c1-5-6-7-8-9-10-11-16(20)15-12-13-19(14-15)17(21)22-18(2,3)4/h15-16,20H,5-14H2,1-4H3. The van der Waals surface area contributed by atoms with Gasteiger partial charge in [0.25, 0.3) is 0 Å². The van der Waals surface area contributed by atoms with Crippen LogP contribution in [0.2, 0.25) is 0 Å². The normalized spacial score (nSPS) is 20.2. The van der Waals surface area contributed by atoms with Crippen molar-refractivity contribution in [3.8, 4) is 0 Å². The van der Waals surface area contributed by atoms with Crippen molar-refractivity contribution in [1.29, 1.82) is 0 Å². The summed E-state index contributed by atoms with van der Waals surface area (Å²) < 4.78 is 5.39. The average molecular weight is 313 g/mol. The molecule has 0 aromatic carbocycles. The monoisotopic (exact) mass is 313 g/mol. The van der Waals surface area contributed by atoms with Gasteiger partial charge in [0.1, 0.15) is 5.60 Å². The molecule has 1 rings (SSSR count). The minimum Gasteiger partial charge on any atom is -0.444 e. The maximum Gasteiger partial charge on any atom is 0.410 e. The Balaban J connectivity index is 2.20. The first kappa shape index (κ1) is 19.3. The number of amides is 1. The molecule has 2 unspecified atom stereocenters. The van der Waals surface area contributed by atoms with Gasteiger partial charge in [-0.2, -0.15) is 0 Å². The van der Waals surface area contributed by atoms with Crippen molar-refractivity contribution in [2.45, 2.75) is 90.8 Å². The summed E-state index contributed by atoms with van der Waals surface area (Å²) in [5.74, 6) is 0.211. The van der Waals surface area contributed by atoms with Gasteiger partial charge in [-0.1, -0.05) is 45.4 Å². The highest BCUT2D eigenvalue weighted by Crippen LogP contribution is 2.24. The predicted octanol–water partition coefficient (Wildman–Crippen LogP) is 4.35. The quantitative estimate of drug-likeness (QED) is 0.678. The number of likely N-dealkylation sites (tertiary alicyclic amines) is 1. The number of aliphatic hydroxyl groups is 1. The largest absolute Gasteiger partial charge is 0.444 e. The molecule has 1 aliphatic rings. The molecule has 2 atom stereocenters. The van der Waals surface area contributed by atoms with Gasteiger partial charge in [0, 0.05) is 19.0 Å². The van der Waals surface area contributed by atoms with Crippen LogP contribution in [-0.4, -0.2) is 40.9 Å². The van der Waals surface area contributed by atoms with Gasteiger partial charge in [-0.3, -0.25) is 0 Å². The second-order valence-corrected chi connectivity index (χ2v) is 7.60. The van der Waals surface area contributed by atoms with Crippen molar-refractivity contribution in [3.05, 3.63) is 0 Å². The summed E-state index contributed by atoms with van der Waals surface area (Å²) in [7, 11) is 0. The summed E-state index contributed by atoms with van der Waals surface area (Å²) in [6.45, 7) is 9.20. The maximum absolute atomic E-state index is 12.0. The van der Waals surface area contributed by atoms with Gasteiger partial charge in [-0.05, 0) is 33.6 Å². The summed E-state index contributed by atoms with van der Waals surface area (Å²) in [6, 6.07) is 0. The Bertz CT molecular complexity index is 325. The van der Waals surface area contributed by atoms with Crippen LogP contribution in [0.15, 0.2) is 0 Å². The van der Waals surface area contributed by atoms with E-state index in [-0.39, 0.29) is 18.1 Å². The number of carbonyl (C=O) groups excluding carboxylic acids is 1. The van der Waals surface area contributed by atoms with Crippen LogP contribution in [0.4, 0.5) is 4.79 Å². The minimum absolute atomic E-state index is 0.211. The zero-order valence-electron chi connectivity index (χ0n) is 14.9. The van der Waals surface area contributed by atoms with E-state index < -0.39 is 5.60 Å². The van der Waals surface area contributed by atoms with E-state index in [4.69, 9.17) is 4.74 Å². The van der Waals surface area contributed by atoms with Crippen molar-refractivity contribution in [2.75, 3.05) is 13.1 Å². The molecule has 4 heteroatoms.